The molecule has 0 aliphatic rings. The lowest BCUT2D eigenvalue weighted by atomic mass is 10.1. The Labute approximate surface area is 91.9 Å². The Balaban J connectivity index is 2.78. The van der Waals surface area contributed by atoms with Crippen LogP contribution in [0.2, 0.25) is 0 Å². The number of rotatable bonds is 5. The Morgan fingerprint density at radius 3 is 2.27 bits per heavy atom. The van der Waals surface area contributed by atoms with E-state index in [1.807, 2.05) is 12.1 Å². The van der Waals surface area contributed by atoms with Gasteiger partial charge in [-0.1, -0.05) is 32.9 Å². The second-order valence-corrected chi connectivity index (χ2v) is 4.17. The van der Waals surface area contributed by atoms with E-state index in [4.69, 9.17) is 0 Å². The maximum Gasteiger partial charge on any atom is 0.214 e. The molecule has 15 heavy (non-hydrogen) atoms. The molecule has 0 radical (unpaired) electrons. The van der Waals surface area contributed by atoms with Gasteiger partial charge >= 0.3 is 0 Å². The van der Waals surface area contributed by atoms with Crippen LogP contribution in [-0.2, 0) is 11.2 Å². The number of hydrogen-bond acceptors (Lipinski definition) is 1. The predicted molar refractivity (Wildman–Crippen MR) is 64.1 cm³/mol. The molecule has 0 saturated carbocycles. The number of nitrogens with zero attached hydrogens (tertiary/aromatic N) is 1. The van der Waals surface area contributed by atoms with E-state index in [0.29, 0.717) is 5.92 Å². The molecule has 2 heteroatoms. The zero-order chi connectivity index (χ0) is 11.3. The van der Waals surface area contributed by atoms with Crippen molar-refractivity contribution in [1.29, 1.82) is 0 Å². The van der Waals surface area contributed by atoms with Crippen LogP contribution >= 0.6 is 0 Å². The zero-order valence-electron chi connectivity index (χ0n) is 9.73. The van der Waals surface area contributed by atoms with E-state index >= 15 is 0 Å². The van der Waals surface area contributed by atoms with Crippen molar-refractivity contribution in [1.82, 2.24) is 0 Å². The van der Waals surface area contributed by atoms with Crippen LogP contribution < -0.4 is 4.90 Å². The van der Waals surface area contributed by atoms with Gasteiger partial charge in [0.15, 0.2) is 0 Å². The van der Waals surface area contributed by atoms with Crippen molar-refractivity contribution in [2.24, 2.45) is 5.92 Å². The largest absolute Gasteiger partial charge is 0.315 e. The summed E-state index contributed by atoms with van der Waals surface area (Å²) in [6.07, 6.45) is 1.94. The van der Waals surface area contributed by atoms with Crippen molar-refractivity contribution in [3.63, 3.8) is 0 Å². The number of hydrogen-bond donors (Lipinski definition) is 0. The number of anilines is 1. The first-order chi connectivity index (χ1) is 7.17. The molecule has 2 nitrogen and oxygen atoms in total. The fourth-order valence-electron chi connectivity index (χ4n) is 1.53. The summed E-state index contributed by atoms with van der Waals surface area (Å²) >= 11 is 0. The average Bonchev–Trinajstić information content (AvgIpc) is 2.26. The van der Waals surface area contributed by atoms with Crippen LogP contribution in [0.25, 0.3) is 0 Å². The topological polar surface area (TPSA) is 20.3 Å². The third-order valence-electron chi connectivity index (χ3n) is 2.37. The first-order valence-corrected chi connectivity index (χ1v) is 5.48. The van der Waals surface area contributed by atoms with Gasteiger partial charge in [0.25, 0.3) is 0 Å². The summed E-state index contributed by atoms with van der Waals surface area (Å²) in [6, 6.07) is 8.17. The van der Waals surface area contributed by atoms with E-state index in [1.54, 1.807) is 4.90 Å². The van der Waals surface area contributed by atoms with Gasteiger partial charge in [-0.2, -0.15) is 0 Å². The molecule has 1 aromatic carbocycles. The van der Waals surface area contributed by atoms with Gasteiger partial charge in [0, 0.05) is 12.2 Å². The summed E-state index contributed by atoms with van der Waals surface area (Å²) in [7, 11) is 0. The molecule has 0 heterocycles. The van der Waals surface area contributed by atoms with E-state index in [0.717, 1.165) is 25.1 Å². The van der Waals surface area contributed by atoms with Crippen molar-refractivity contribution in [3.05, 3.63) is 29.8 Å². The minimum Gasteiger partial charge on any atom is -0.315 e. The molecule has 0 N–H and O–H groups in total. The van der Waals surface area contributed by atoms with Crippen molar-refractivity contribution in [2.75, 3.05) is 11.4 Å². The molecule has 0 saturated heterocycles. The minimum atomic E-state index is 0.487. The number of aryl methyl sites for hydroxylation is 1. The first kappa shape index (κ1) is 11.8. The zero-order valence-corrected chi connectivity index (χ0v) is 9.73. The van der Waals surface area contributed by atoms with E-state index in [9.17, 15) is 4.79 Å². The molecule has 0 atom stereocenters. The summed E-state index contributed by atoms with van der Waals surface area (Å²) in [5.74, 6) is 0.487. The molecule has 0 aromatic heterocycles. The lowest BCUT2D eigenvalue weighted by Gasteiger charge is -2.19. The van der Waals surface area contributed by atoms with E-state index in [1.165, 1.54) is 5.56 Å². The predicted octanol–water partition coefficient (Wildman–Crippen LogP) is 2.87. The van der Waals surface area contributed by atoms with Crippen molar-refractivity contribution >= 4 is 12.1 Å². The van der Waals surface area contributed by atoms with Crippen LogP contribution in [0.3, 0.4) is 0 Å². The van der Waals surface area contributed by atoms with Crippen LogP contribution in [-0.4, -0.2) is 13.0 Å². The molecular weight excluding hydrogens is 186 g/mol. The summed E-state index contributed by atoms with van der Waals surface area (Å²) in [6.45, 7) is 7.11. The Bertz CT molecular complexity index is 303. The quantitative estimate of drug-likeness (QED) is 0.677. The highest BCUT2D eigenvalue weighted by molar-refractivity contribution is 5.75. The fraction of sp³-hybridized carbons (Fsp3) is 0.462. The molecule has 0 unspecified atom stereocenters. The normalized spacial score (nSPS) is 10.4. The van der Waals surface area contributed by atoms with Crippen LogP contribution in [0, 0.1) is 5.92 Å². The van der Waals surface area contributed by atoms with Gasteiger partial charge in [0.2, 0.25) is 6.41 Å². The molecule has 0 aliphatic heterocycles. The highest BCUT2D eigenvalue weighted by atomic mass is 16.1. The van der Waals surface area contributed by atoms with Gasteiger partial charge in [-0.05, 0) is 30.0 Å². The second-order valence-electron chi connectivity index (χ2n) is 4.17. The maximum atomic E-state index is 10.9. The number of amides is 1. The summed E-state index contributed by atoms with van der Waals surface area (Å²) in [5, 5.41) is 0. The minimum absolute atomic E-state index is 0.487. The van der Waals surface area contributed by atoms with Gasteiger partial charge in [-0.15, -0.1) is 0 Å². The maximum absolute atomic E-state index is 10.9. The highest BCUT2D eigenvalue weighted by Crippen LogP contribution is 2.15. The lowest BCUT2D eigenvalue weighted by molar-refractivity contribution is -0.107. The number of benzene rings is 1. The third-order valence-corrected chi connectivity index (χ3v) is 2.37. The molecule has 1 aromatic rings. The van der Waals surface area contributed by atoms with Crippen molar-refractivity contribution in [2.45, 2.75) is 27.2 Å². The smallest absolute Gasteiger partial charge is 0.214 e. The lowest BCUT2D eigenvalue weighted by Crippen LogP contribution is -2.25. The molecule has 1 amide bonds. The average molecular weight is 205 g/mol. The van der Waals surface area contributed by atoms with Gasteiger partial charge in [0.05, 0.1) is 0 Å². The number of carbonyl (C=O) groups excluding carboxylic acids is 1. The summed E-state index contributed by atoms with van der Waals surface area (Å²) < 4.78 is 0. The Hall–Kier alpha value is -1.31. The van der Waals surface area contributed by atoms with Crippen LogP contribution in [0.1, 0.15) is 26.3 Å². The molecular formula is C13H19NO. The van der Waals surface area contributed by atoms with E-state index in [-0.39, 0.29) is 0 Å². The standard InChI is InChI=1S/C13H19NO/c1-4-12-5-7-13(8-6-12)14(10-15)9-11(2)3/h5-8,10-11H,4,9H2,1-3H3. The Kier molecular flexibility index (Phi) is 4.35. The fourth-order valence-corrected chi connectivity index (χ4v) is 1.53. The number of carbonyl (C=O) groups is 1. The monoisotopic (exact) mass is 205 g/mol. The SMILES string of the molecule is CCc1ccc(N(C=O)CC(C)C)cc1. The van der Waals surface area contributed by atoms with E-state index in [2.05, 4.69) is 32.9 Å². The molecule has 0 aliphatic carbocycles. The molecule has 1 rings (SSSR count). The molecule has 0 spiro atoms. The van der Waals surface area contributed by atoms with Crippen LogP contribution in [0.15, 0.2) is 24.3 Å². The van der Waals surface area contributed by atoms with Gasteiger partial charge in [0.1, 0.15) is 0 Å². The highest BCUT2D eigenvalue weighted by Gasteiger charge is 2.06. The molecule has 82 valence electrons. The Morgan fingerprint density at radius 1 is 1.27 bits per heavy atom. The summed E-state index contributed by atoms with van der Waals surface area (Å²) in [4.78, 5) is 12.7. The van der Waals surface area contributed by atoms with Crippen molar-refractivity contribution in [3.8, 4) is 0 Å². The van der Waals surface area contributed by atoms with Crippen LogP contribution in [0.4, 0.5) is 5.69 Å². The van der Waals surface area contributed by atoms with Crippen LogP contribution in [0.5, 0.6) is 0 Å². The van der Waals surface area contributed by atoms with E-state index < -0.39 is 0 Å². The third kappa shape index (κ3) is 3.39. The summed E-state index contributed by atoms with van der Waals surface area (Å²) in [5.41, 5.74) is 2.28. The molecule has 0 fully saturated rings. The van der Waals surface area contributed by atoms with Gasteiger partial charge in [-0.25, -0.2) is 0 Å². The Morgan fingerprint density at radius 2 is 1.87 bits per heavy atom. The second kappa shape index (κ2) is 5.54. The molecule has 0 bridgehead atoms. The van der Waals surface area contributed by atoms with Gasteiger partial charge in [-0.3, -0.25) is 4.79 Å². The first-order valence-electron chi connectivity index (χ1n) is 5.48. The van der Waals surface area contributed by atoms with Gasteiger partial charge < -0.3 is 4.90 Å². The van der Waals surface area contributed by atoms with Crippen molar-refractivity contribution < 1.29 is 4.79 Å².